The number of rotatable bonds is 6. The fourth-order valence-electron chi connectivity index (χ4n) is 2.52. The van der Waals surface area contributed by atoms with Gasteiger partial charge in [-0.3, -0.25) is 19.0 Å². The van der Waals surface area contributed by atoms with Crippen LogP contribution in [0.4, 0.5) is 0 Å². The summed E-state index contributed by atoms with van der Waals surface area (Å²) in [6, 6.07) is 7.33. The highest BCUT2D eigenvalue weighted by Crippen LogP contribution is 2.34. The van der Waals surface area contributed by atoms with Gasteiger partial charge < -0.3 is 10.5 Å². The molecule has 1 heterocycles. The van der Waals surface area contributed by atoms with Gasteiger partial charge in [-0.05, 0) is 25.0 Å². The number of benzene rings is 1. The first-order chi connectivity index (χ1) is 11.1. The van der Waals surface area contributed by atoms with Crippen molar-refractivity contribution >= 4 is 22.8 Å². The van der Waals surface area contributed by atoms with Crippen LogP contribution < -0.4 is 11.3 Å². The summed E-state index contributed by atoms with van der Waals surface area (Å²) >= 11 is 0. The van der Waals surface area contributed by atoms with Crippen LogP contribution in [0.2, 0.25) is 0 Å². The second-order valence-electron chi connectivity index (χ2n) is 5.58. The van der Waals surface area contributed by atoms with Crippen LogP contribution in [0.1, 0.15) is 31.1 Å². The second-order valence-corrected chi connectivity index (χ2v) is 5.58. The summed E-state index contributed by atoms with van der Waals surface area (Å²) in [5, 5.41) is 0.583. The molecule has 1 aromatic heterocycles. The number of aromatic nitrogens is 2. The molecule has 120 valence electrons. The van der Waals surface area contributed by atoms with Crippen molar-refractivity contribution < 1.29 is 14.3 Å². The van der Waals surface area contributed by atoms with E-state index in [1.54, 1.807) is 16.7 Å². The number of carbonyl (C=O) groups is 2. The third-order valence-corrected chi connectivity index (χ3v) is 3.72. The summed E-state index contributed by atoms with van der Waals surface area (Å²) in [7, 11) is 0. The first-order valence-electron chi connectivity index (χ1n) is 7.50. The number of ether oxygens (including phenoxy) is 1. The van der Waals surface area contributed by atoms with E-state index in [-0.39, 0.29) is 24.4 Å². The molecule has 0 spiro atoms. The fraction of sp³-hybridized carbons (Fsp3) is 0.375. The summed E-state index contributed by atoms with van der Waals surface area (Å²) in [4.78, 5) is 39.4. The van der Waals surface area contributed by atoms with E-state index in [2.05, 4.69) is 4.98 Å². The van der Waals surface area contributed by atoms with Crippen LogP contribution >= 0.6 is 0 Å². The first-order valence-corrected chi connectivity index (χ1v) is 7.50. The van der Waals surface area contributed by atoms with Crippen LogP contribution in [0.25, 0.3) is 10.9 Å². The van der Waals surface area contributed by atoms with E-state index in [9.17, 15) is 14.4 Å². The highest BCUT2D eigenvalue weighted by atomic mass is 16.5. The minimum Gasteiger partial charge on any atom is -0.456 e. The quantitative estimate of drug-likeness (QED) is 0.790. The van der Waals surface area contributed by atoms with Crippen molar-refractivity contribution in [2.75, 3.05) is 6.61 Å². The summed E-state index contributed by atoms with van der Waals surface area (Å²) in [5.41, 5.74) is 5.48. The van der Waals surface area contributed by atoms with Crippen LogP contribution in [-0.2, 0) is 20.7 Å². The van der Waals surface area contributed by atoms with Crippen molar-refractivity contribution in [2.45, 2.75) is 31.7 Å². The molecule has 3 rings (SSSR count). The first kappa shape index (κ1) is 15.2. The van der Waals surface area contributed by atoms with Gasteiger partial charge >= 0.3 is 5.97 Å². The molecule has 0 atom stereocenters. The van der Waals surface area contributed by atoms with E-state index in [1.807, 2.05) is 12.1 Å². The standard InChI is InChI=1S/C16H17N3O4/c17-13(20)9-23-15(21)8-7-14-18-12-4-2-1-3-11(12)16(22)19(14)10-5-6-10/h1-4,10H,5-9H2,(H2,17,20). The molecule has 23 heavy (non-hydrogen) atoms. The highest BCUT2D eigenvalue weighted by Gasteiger charge is 2.28. The van der Waals surface area contributed by atoms with Gasteiger partial charge in [-0.2, -0.15) is 0 Å². The number of esters is 1. The zero-order chi connectivity index (χ0) is 16.4. The summed E-state index contributed by atoms with van der Waals surface area (Å²) in [6.07, 6.45) is 2.22. The minimum atomic E-state index is -0.697. The van der Waals surface area contributed by atoms with Crippen molar-refractivity contribution in [3.63, 3.8) is 0 Å². The van der Waals surface area contributed by atoms with Crippen molar-refractivity contribution in [3.8, 4) is 0 Å². The van der Waals surface area contributed by atoms with Crippen LogP contribution in [0.5, 0.6) is 0 Å². The molecule has 0 bridgehead atoms. The zero-order valence-electron chi connectivity index (χ0n) is 12.5. The average Bonchev–Trinajstić information content (AvgIpc) is 3.35. The van der Waals surface area contributed by atoms with Crippen LogP contribution in [0.15, 0.2) is 29.1 Å². The van der Waals surface area contributed by atoms with Gasteiger partial charge in [0.25, 0.3) is 11.5 Å². The average molecular weight is 315 g/mol. The predicted molar refractivity (Wildman–Crippen MR) is 82.7 cm³/mol. The molecule has 0 radical (unpaired) electrons. The Kier molecular flexibility index (Phi) is 4.10. The lowest BCUT2D eigenvalue weighted by atomic mass is 10.2. The fourth-order valence-corrected chi connectivity index (χ4v) is 2.52. The Morgan fingerprint density at radius 1 is 1.30 bits per heavy atom. The molecule has 0 unspecified atom stereocenters. The summed E-state index contributed by atoms with van der Waals surface area (Å²) in [6.45, 7) is -0.431. The number of aryl methyl sites for hydroxylation is 1. The monoisotopic (exact) mass is 315 g/mol. The van der Waals surface area contributed by atoms with Crippen molar-refractivity contribution in [1.29, 1.82) is 0 Å². The molecule has 1 fully saturated rings. The SMILES string of the molecule is NC(=O)COC(=O)CCc1nc2ccccc2c(=O)n1C1CC1. The molecule has 1 aromatic carbocycles. The molecule has 7 nitrogen and oxygen atoms in total. The molecule has 1 aliphatic carbocycles. The second kappa shape index (κ2) is 6.20. The Hall–Kier alpha value is -2.70. The number of nitrogens with two attached hydrogens (primary N) is 1. The van der Waals surface area contributed by atoms with Crippen LogP contribution in [0, 0.1) is 0 Å². The van der Waals surface area contributed by atoms with Crippen molar-refractivity contribution in [2.24, 2.45) is 5.73 Å². The maximum absolute atomic E-state index is 12.6. The maximum atomic E-state index is 12.6. The molecule has 7 heteroatoms. The van der Waals surface area contributed by atoms with Crippen LogP contribution in [0.3, 0.4) is 0 Å². The third-order valence-electron chi connectivity index (χ3n) is 3.72. The predicted octanol–water partition coefficient (Wildman–Crippen LogP) is 0.692. The van der Waals surface area contributed by atoms with Gasteiger partial charge in [-0.25, -0.2) is 4.98 Å². The van der Waals surface area contributed by atoms with E-state index >= 15 is 0 Å². The number of hydrogen-bond acceptors (Lipinski definition) is 5. The lowest BCUT2D eigenvalue weighted by Gasteiger charge is -2.12. The minimum absolute atomic E-state index is 0.0464. The van der Waals surface area contributed by atoms with Gasteiger partial charge in [0.2, 0.25) is 0 Å². The molecule has 2 N–H and O–H groups in total. The Balaban J connectivity index is 1.85. The van der Waals surface area contributed by atoms with E-state index in [0.717, 1.165) is 12.8 Å². The summed E-state index contributed by atoms with van der Waals surface area (Å²) < 4.78 is 6.41. The van der Waals surface area contributed by atoms with Gasteiger partial charge in [-0.15, -0.1) is 0 Å². The topological polar surface area (TPSA) is 104 Å². The number of primary amides is 1. The Morgan fingerprint density at radius 3 is 2.74 bits per heavy atom. The van der Waals surface area contributed by atoms with Gasteiger partial charge in [0.1, 0.15) is 5.82 Å². The number of amides is 1. The van der Waals surface area contributed by atoms with Crippen molar-refractivity contribution in [1.82, 2.24) is 9.55 Å². The van der Waals surface area contributed by atoms with Crippen LogP contribution in [-0.4, -0.2) is 28.0 Å². The van der Waals surface area contributed by atoms with E-state index < -0.39 is 18.5 Å². The zero-order valence-corrected chi connectivity index (χ0v) is 12.5. The Morgan fingerprint density at radius 2 is 2.04 bits per heavy atom. The molecule has 1 amide bonds. The largest absolute Gasteiger partial charge is 0.456 e. The Labute approximate surface area is 132 Å². The maximum Gasteiger partial charge on any atom is 0.306 e. The third kappa shape index (κ3) is 3.39. The molecule has 1 saturated carbocycles. The lowest BCUT2D eigenvalue weighted by molar-refractivity contribution is -0.147. The molecule has 0 aliphatic heterocycles. The molecule has 2 aromatic rings. The number of carbonyl (C=O) groups excluding carboxylic acids is 2. The van der Waals surface area contributed by atoms with Gasteiger partial charge in [0.05, 0.1) is 17.3 Å². The van der Waals surface area contributed by atoms with Gasteiger partial charge in [0.15, 0.2) is 6.61 Å². The molecule has 1 aliphatic rings. The molecular formula is C16H17N3O4. The molecule has 0 saturated heterocycles. The highest BCUT2D eigenvalue weighted by molar-refractivity contribution is 5.79. The lowest BCUT2D eigenvalue weighted by Crippen LogP contribution is -2.26. The molecular weight excluding hydrogens is 298 g/mol. The normalized spacial score (nSPS) is 13.9. The van der Waals surface area contributed by atoms with Gasteiger partial charge in [-0.1, -0.05) is 12.1 Å². The van der Waals surface area contributed by atoms with E-state index in [4.69, 9.17) is 10.5 Å². The van der Waals surface area contributed by atoms with Gasteiger partial charge in [0, 0.05) is 12.5 Å². The van der Waals surface area contributed by atoms with E-state index in [1.165, 1.54) is 0 Å². The van der Waals surface area contributed by atoms with E-state index in [0.29, 0.717) is 16.7 Å². The number of para-hydroxylation sites is 1. The summed E-state index contributed by atoms with van der Waals surface area (Å²) in [5.74, 6) is -0.655. The van der Waals surface area contributed by atoms with Crippen molar-refractivity contribution in [3.05, 3.63) is 40.4 Å². The smallest absolute Gasteiger partial charge is 0.306 e. The number of hydrogen-bond donors (Lipinski definition) is 1. The number of nitrogens with zero attached hydrogens (tertiary/aromatic N) is 2. The number of fused-ring (bicyclic) bond motifs is 1. The Bertz CT molecular complexity index is 824.